The highest BCUT2D eigenvalue weighted by atomic mass is 32.2. The lowest BCUT2D eigenvalue weighted by molar-refractivity contribution is -0.134. The lowest BCUT2D eigenvalue weighted by atomic mass is 10.4. The smallest absolute Gasteiger partial charge is 0.320 e. The van der Waals surface area contributed by atoms with E-state index in [1.807, 2.05) is 0 Å². The fourth-order valence-corrected chi connectivity index (χ4v) is 3.15. The molecule has 0 radical (unpaired) electrons. The summed E-state index contributed by atoms with van der Waals surface area (Å²) in [5.74, 6) is -2.28. The Kier molecular flexibility index (Phi) is 3.88. The summed E-state index contributed by atoms with van der Waals surface area (Å²) in [4.78, 5) is 28.8. The summed E-state index contributed by atoms with van der Waals surface area (Å²) < 4.78 is 24.6. The molecule has 0 atom stereocenters. The van der Waals surface area contributed by atoms with E-state index in [1.165, 1.54) is 18.4 Å². The first kappa shape index (κ1) is 14.6. The van der Waals surface area contributed by atoms with E-state index in [1.54, 1.807) is 11.4 Å². The van der Waals surface area contributed by atoms with E-state index >= 15 is 0 Å². The molecule has 0 aliphatic heterocycles. The van der Waals surface area contributed by atoms with Gasteiger partial charge in [-0.2, -0.15) is 4.31 Å². The van der Waals surface area contributed by atoms with Gasteiger partial charge < -0.3 is 10.1 Å². The minimum absolute atomic E-state index is 0.164. The van der Waals surface area contributed by atoms with Crippen LogP contribution in [-0.4, -0.2) is 46.6 Å². The molecule has 0 fully saturated rings. The average Bonchev–Trinajstić information content (AvgIpc) is 2.75. The van der Waals surface area contributed by atoms with Crippen molar-refractivity contribution in [3.63, 3.8) is 0 Å². The molecule has 0 aliphatic carbocycles. The van der Waals surface area contributed by atoms with Crippen molar-refractivity contribution in [3.8, 4) is 0 Å². The number of H-pyrrole nitrogens is 1. The molecule has 0 aliphatic rings. The molecular formula is C10H11N3O5S2. The third-order valence-electron chi connectivity index (χ3n) is 2.52. The minimum atomic E-state index is -3.94. The largest absolute Gasteiger partial charge is 0.480 e. The van der Waals surface area contributed by atoms with Gasteiger partial charge in [-0.25, -0.2) is 13.4 Å². The van der Waals surface area contributed by atoms with Crippen LogP contribution in [0.5, 0.6) is 0 Å². The van der Waals surface area contributed by atoms with E-state index in [0.717, 1.165) is 4.31 Å². The monoisotopic (exact) mass is 317 g/mol. The normalized spacial score (nSPS) is 12.1. The zero-order valence-corrected chi connectivity index (χ0v) is 12.0. The van der Waals surface area contributed by atoms with E-state index in [2.05, 4.69) is 9.97 Å². The summed E-state index contributed by atoms with van der Waals surface area (Å²) in [7, 11) is -2.70. The van der Waals surface area contributed by atoms with Crippen LogP contribution in [0.3, 0.4) is 0 Å². The van der Waals surface area contributed by atoms with Crippen LogP contribution in [0.4, 0.5) is 0 Å². The molecule has 2 aromatic heterocycles. The van der Waals surface area contributed by atoms with Gasteiger partial charge in [0.15, 0.2) is 5.75 Å². The molecule has 2 heterocycles. The number of sulfonamides is 1. The van der Waals surface area contributed by atoms with Crippen molar-refractivity contribution in [2.45, 2.75) is 6.54 Å². The van der Waals surface area contributed by atoms with Crippen molar-refractivity contribution in [2.75, 3.05) is 12.8 Å². The Hall–Kier alpha value is -1.78. The standard InChI is InChI=1S/C10H11N3O5S2/c1-13(20(17,18)5-8(14)15)4-7-11-6-2-3-19-9(6)10(16)12-7/h2-3H,4-5H2,1H3,(H,14,15)(H,11,12,16). The molecule has 2 N–H and O–H groups in total. The second-order valence-corrected chi connectivity index (χ2v) is 7.05. The van der Waals surface area contributed by atoms with Crippen molar-refractivity contribution >= 4 is 37.5 Å². The molecule has 0 spiro atoms. The summed E-state index contributed by atoms with van der Waals surface area (Å²) in [5, 5.41) is 10.3. The number of rotatable bonds is 5. The van der Waals surface area contributed by atoms with Crippen molar-refractivity contribution in [3.05, 3.63) is 27.6 Å². The molecule has 2 rings (SSSR count). The molecule has 0 saturated heterocycles. The van der Waals surface area contributed by atoms with Crippen LogP contribution in [0, 0.1) is 0 Å². The zero-order chi connectivity index (χ0) is 14.9. The second-order valence-electron chi connectivity index (χ2n) is 4.05. The molecule has 108 valence electrons. The third-order valence-corrected chi connectivity index (χ3v) is 5.11. The maximum Gasteiger partial charge on any atom is 0.320 e. The molecule has 0 bridgehead atoms. The van der Waals surface area contributed by atoms with Crippen molar-refractivity contribution in [1.82, 2.24) is 14.3 Å². The number of carboxylic acid groups (broad SMARTS) is 1. The lowest BCUT2D eigenvalue weighted by Gasteiger charge is -2.14. The van der Waals surface area contributed by atoms with Crippen LogP contribution in [0.15, 0.2) is 16.2 Å². The van der Waals surface area contributed by atoms with E-state index in [0.29, 0.717) is 10.2 Å². The Morgan fingerprint density at radius 2 is 2.25 bits per heavy atom. The van der Waals surface area contributed by atoms with Crippen molar-refractivity contribution < 1.29 is 18.3 Å². The SMILES string of the molecule is CN(Cc1nc2ccsc2c(=O)[nH]1)S(=O)(=O)CC(=O)O. The van der Waals surface area contributed by atoms with Gasteiger partial charge in [-0.15, -0.1) is 11.3 Å². The number of hydrogen-bond donors (Lipinski definition) is 2. The number of aromatic nitrogens is 2. The number of aromatic amines is 1. The van der Waals surface area contributed by atoms with Crippen molar-refractivity contribution in [1.29, 1.82) is 0 Å². The van der Waals surface area contributed by atoms with Gasteiger partial charge in [0.1, 0.15) is 10.5 Å². The van der Waals surface area contributed by atoms with E-state index in [9.17, 15) is 18.0 Å². The number of hydrogen-bond acceptors (Lipinski definition) is 6. The first-order chi connectivity index (χ1) is 9.29. The summed E-state index contributed by atoms with van der Waals surface area (Å²) >= 11 is 1.24. The maximum absolute atomic E-state index is 11.7. The number of carboxylic acids is 1. The first-order valence-corrected chi connectivity index (χ1v) is 7.90. The average molecular weight is 317 g/mol. The van der Waals surface area contributed by atoms with Gasteiger partial charge in [0.05, 0.1) is 12.1 Å². The Morgan fingerprint density at radius 1 is 1.55 bits per heavy atom. The molecule has 0 saturated carbocycles. The number of thiophene rings is 1. The summed E-state index contributed by atoms with van der Waals surface area (Å²) in [6.45, 7) is -0.198. The Bertz CT molecular complexity index is 808. The molecule has 2 aromatic rings. The molecule has 0 amide bonds. The predicted molar refractivity (Wildman–Crippen MR) is 73.1 cm³/mol. The highest BCUT2D eigenvalue weighted by Crippen LogP contribution is 2.14. The van der Waals surface area contributed by atoms with Gasteiger partial charge in [0, 0.05) is 7.05 Å². The predicted octanol–water partition coefficient (Wildman–Crippen LogP) is -0.169. The number of aliphatic carboxylic acids is 1. The number of carbonyl (C=O) groups is 1. The van der Waals surface area contributed by atoms with Gasteiger partial charge in [0.2, 0.25) is 10.0 Å². The second kappa shape index (κ2) is 5.31. The van der Waals surface area contributed by atoms with E-state index in [-0.39, 0.29) is 17.9 Å². The third kappa shape index (κ3) is 3.03. The molecule has 10 heteroatoms. The van der Waals surface area contributed by atoms with E-state index < -0.39 is 21.7 Å². The van der Waals surface area contributed by atoms with Crippen LogP contribution in [-0.2, 0) is 21.4 Å². The van der Waals surface area contributed by atoms with Crippen molar-refractivity contribution in [2.24, 2.45) is 0 Å². The quantitative estimate of drug-likeness (QED) is 0.790. The van der Waals surface area contributed by atoms with Crippen LogP contribution < -0.4 is 5.56 Å². The summed E-state index contributed by atoms with van der Waals surface area (Å²) in [5.41, 5.74) is 0.141. The van der Waals surface area contributed by atoms with Gasteiger partial charge in [-0.05, 0) is 11.4 Å². The van der Waals surface area contributed by atoms with E-state index in [4.69, 9.17) is 5.11 Å². The molecular weight excluding hydrogens is 306 g/mol. The first-order valence-electron chi connectivity index (χ1n) is 5.42. The van der Waals surface area contributed by atoms with Crippen LogP contribution in [0.2, 0.25) is 0 Å². The van der Waals surface area contributed by atoms with Crippen LogP contribution in [0.1, 0.15) is 5.82 Å². The zero-order valence-electron chi connectivity index (χ0n) is 10.4. The highest BCUT2D eigenvalue weighted by molar-refractivity contribution is 7.89. The summed E-state index contributed by atoms with van der Waals surface area (Å²) in [6, 6.07) is 1.66. The number of nitrogens with one attached hydrogen (secondary N) is 1. The maximum atomic E-state index is 11.7. The topological polar surface area (TPSA) is 120 Å². The molecule has 0 unspecified atom stereocenters. The van der Waals surface area contributed by atoms with Gasteiger partial charge in [-0.1, -0.05) is 0 Å². The lowest BCUT2D eigenvalue weighted by Crippen LogP contribution is -2.33. The Balaban J connectivity index is 2.28. The minimum Gasteiger partial charge on any atom is -0.480 e. The fraction of sp³-hybridized carbons (Fsp3) is 0.300. The highest BCUT2D eigenvalue weighted by Gasteiger charge is 2.22. The van der Waals surface area contributed by atoms with Crippen LogP contribution >= 0.6 is 11.3 Å². The molecule has 8 nitrogen and oxygen atoms in total. The molecule has 0 aromatic carbocycles. The van der Waals surface area contributed by atoms with Gasteiger partial charge >= 0.3 is 5.97 Å². The fourth-order valence-electron chi connectivity index (χ4n) is 1.57. The number of fused-ring (bicyclic) bond motifs is 1. The Labute approximate surface area is 117 Å². The number of nitrogens with zero attached hydrogens (tertiary/aromatic N) is 2. The summed E-state index contributed by atoms with van der Waals surface area (Å²) in [6.07, 6.45) is 0. The molecule has 20 heavy (non-hydrogen) atoms. The van der Waals surface area contributed by atoms with Gasteiger partial charge in [-0.3, -0.25) is 9.59 Å². The van der Waals surface area contributed by atoms with Crippen LogP contribution in [0.25, 0.3) is 10.2 Å². The van der Waals surface area contributed by atoms with Gasteiger partial charge in [0.25, 0.3) is 5.56 Å². The Morgan fingerprint density at radius 3 is 2.90 bits per heavy atom.